The third-order valence-electron chi connectivity index (χ3n) is 7.68. The summed E-state index contributed by atoms with van der Waals surface area (Å²) in [6, 6.07) is 25.8. The van der Waals surface area contributed by atoms with E-state index in [-0.39, 0.29) is 43.4 Å². The second kappa shape index (κ2) is 11.5. The van der Waals surface area contributed by atoms with Gasteiger partial charge in [0.25, 0.3) is 0 Å². The molecule has 3 aromatic carbocycles. The van der Waals surface area contributed by atoms with Crippen molar-refractivity contribution in [3.8, 4) is 11.1 Å². The minimum absolute atomic E-state index is 0.0171. The van der Waals surface area contributed by atoms with Crippen LogP contribution in [0.15, 0.2) is 78.9 Å². The van der Waals surface area contributed by atoms with E-state index in [1.165, 1.54) is 16.0 Å². The Balaban J connectivity index is 1.18. The van der Waals surface area contributed by atoms with E-state index >= 15 is 0 Å². The highest BCUT2D eigenvalue weighted by Crippen LogP contribution is 2.44. The van der Waals surface area contributed by atoms with Gasteiger partial charge < -0.3 is 20.1 Å². The molecule has 1 fully saturated rings. The first-order valence-corrected chi connectivity index (χ1v) is 13.1. The molecule has 0 radical (unpaired) electrons. The van der Waals surface area contributed by atoms with Gasteiger partial charge in [-0.3, -0.25) is 9.59 Å². The normalized spacial score (nSPS) is 17.9. The molecular formula is C31H32N2O5. The highest BCUT2D eigenvalue weighted by Gasteiger charge is 2.36. The minimum atomic E-state index is -1.04. The number of nitrogens with one attached hydrogen (secondary N) is 1. The molecule has 2 N–H and O–H groups in total. The van der Waals surface area contributed by atoms with Gasteiger partial charge >= 0.3 is 12.1 Å². The molecule has 2 atom stereocenters. The predicted molar refractivity (Wildman–Crippen MR) is 143 cm³/mol. The standard InChI is InChI=1S/C31H32N2O5/c34-29(35)19-33(18-21-9-2-1-3-10-21)30(36)23-16-8-11-22(23)17-32-31(37)38-20-28-26-14-6-4-12-24(26)25-13-5-7-15-27(25)28/h1-7,9-10,12-15,22-23,28H,8,11,16-20H2,(H,32,37)(H,34,35)/t22-,23-/m0/s1. The number of hydrogen-bond donors (Lipinski definition) is 2. The van der Waals surface area contributed by atoms with Gasteiger partial charge in [-0.05, 0) is 46.6 Å². The number of carboxylic acid groups (broad SMARTS) is 1. The van der Waals surface area contributed by atoms with Crippen molar-refractivity contribution in [1.82, 2.24) is 10.2 Å². The lowest BCUT2D eigenvalue weighted by atomic mass is 9.94. The van der Waals surface area contributed by atoms with E-state index in [4.69, 9.17) is 4.74 Å². The zero-order chi connectivity index (χ0) is 26.5. The number of aliphatic carboxylic acids is 1. The minimum Gasteiger partial charge on any atom is -0.480 e. The largest absolute Gasteiger partial charge is 0.480 e. The third-order valence-corrected chi connectivity index (χ3v) is 7.68. The highest BCUT2D eigenvalue weighted by molar-refractivity contribution is 5.83. The van der Waals surface area contributed by atoms with Gasteiger partial charge in [-0.15, -0.1) is 0 Å². The molecule has 0 aromatic heterocycles. The molecule has 0 spiro atoms. The van der Waals surface area contributed by atoms with Crippen molar-refractivity contribution in [2.24, 2.45) is 11.8 Å². The summed E-state index contributed by atoms with van der Waals surface area (Å²) in [5, 5.41) is 12.3. The fraction of sp³-hybridized carbons (Fsp3) is 0.323. The van der Waals surface area contributed by atoms with E-state index in [1.54, 1.807) is 0 Å². The van der Waals surface area contributed by atoms with Gasteiger partial charge in [0.05, 0.1) is 0 Å². The van der Waals surface area contributed by atoms with Crippen molar-refractivity contribution in [2.45, 2.75) is 31.7 Å². The third kappa shape index (κ3) is 5.57. The topological polar surface area (TPSA) is 95.9 Å². The van der Waals surface area contributed by atoms with Crippen LogP contribution in [0.25, 0.3) is 11.1 Å². The van der Waals surface area contributed by atoms with Crippen molar-refractivity contribution in [3.63, 3.8) is 0 Å². The second-order valence-electron chi connectivity index (χ2n) is 10.1. The van der Waals surface area contributed by atoms with Crippen LogP contribution < -0.4 is 5.32 Å². The highest BCUT2D eigenvalue weighted by atomic mass is 16.5. The van der Waals surface area contributed by atoms with E-state index in [0.29, 0.717) is 13.0 Å². The maximum absolute atomic E-state index is 13.4. The summed E-state index contributed by atoms with van der Waals surface area (Å²) in [6.07, 6.45) is 1.84. The first-order chi connectivity index (χ1) is 18.5. The Morgan fingerprint density at radius 1 is 0.868 bits per heavy atom. The fourth-order valence-corrected chi connectivity index (χ4v) is 5.88. The molecule has 7 heteroatoms. The Morgan fingerprint density at radius 3 is 2.16 bits per heavy atom. The van der Waals surface area contributed by atoms with E-state index in [2.05, 4.69) is 29.6 Å². The lowest BCUT2D eigenvalue weighted by Crippen LogP contribution is -2.42. The van der Waals surface area contributed by atoms with Crippen molar-refractivity contribution in [2.75, 3.05) is 19.7 Å². The fourth-order valence-electron chi connectivity index (χ4n) is 5.88. The van der Waals surface area contributed by atoms with Crippen LogP contribution in [-0.4, -0.2) is 47.7 Å². The molecular weight excluding hydrogens is 480 g/mol. The van der Waals surface area contributed by atoms with Gasteiger partial charge in [-0.25, -0.2) is 4.79 Å². The van der Waals surface area contributed by atoms with Gasteiger partial charge in [0.15, 0.2) is 0 Å². The average molecular weight is 513 g/mol. The van der Waals surface area contributed by atoms with Crippen LogP contribution in [0.3, 0.4) is 0 Å². The average Bonchev–Trinajstić information content (AvgIpc) is 3.53. The molecule has 7 nitrogen and oxygen atoms in total. The van der Waals surface area contributed by atoms with E-state index in [9.17, 15) is 19.5 Å². The second-order valence-corrected chi connectivity index (χ2v) is 10.1. The smallest absolute Gasteiger partial charge is 0.407 e. The Bertz CT molecular complexity index is 1260. The summed E-state index contributed by atoms with van der Waals surface area (Å²) in [5.41, 5.74) is 5.53. The number of nitrogens with zero attached hydrogens (tertiary/aromatic N) is 1. The van der Waals surface area contributed by atoms with Crippen LogP contribution in [-0.2, 0) is 20.9 Å². The first kappa shape index (κ1) is 25.5. The maximum Gasteiger partial charge on any atom is 0.407 e. The van der Waals surface area contributed by atoms with Crippen molar-refractivity contribution < 1.29 is 24.2 Å². The van der Waals surface area contributed by atoms with E-state index < -0.39 is 12.1 Å². The van der Waals surface area contributed by atoms with Gasteiger partial charge in [0.2, 0.25) is 5.91 Å². The molecule has 2 amide bonds. The molecule has 38 heavy (non-hydrogen) atoms. The van der Waals surface area contributed by atoms with Gasteiger partial charge in [-0.1, -0.05) is 85.3 Å². The molecule has 2 aliphatic rings. The zero-order valence-corrected chi connectivity index (χ0v) is 21.2. The van der Waals surface area contributed by atoms with Crippen LogP contribution in [0.4, 0.5) is 4.79 Å². The maximum atomic E-state index is 13.4. The SMILES string of the molecule is O=C(O)CN(Cc1ccccc1)C(=O)[C@H]1CCC[C@H]1CNC(=O)OCC1c2ccccc2-c2ccccc21. The molecule has 0 unspecified atom stereocenters. The number of ether oxygens (including phenoxy) is 1. The molecule has 196 valence electrons. The molecule has 0 heterocycles. The summed E-state index contributed by atoms with van der Waals surface area (Å²) >= 11 is 0. The van der Waals surface area contributed by atoms with Crippen LogP contribution in [0.1, 0.15) is 41.9 Å². The molecule has 0 aliphatic heterocycles. The van der Waals surface area contributed by atoms with E-state index in [1.807, 2.05) is 54.6 Å². The Hall–Kier alpha value is -4.13. The number of fused-ring (bicyclic) bond motifs is 3. The summed E-state index contributed by atoms with van der Waals surface area (Å²) < 4.78 is 5.65. The molecule has 0 bridgehead atoms. The van der Waals surface area contributed by atoms with Crippen molar-refractivity contribution in [3.05, 3.63) is 95.6 Å². The zero-order valence-electron chi connectivity index (χ0n) is 21.2. The van der Waals surface area contributed by atoms with Crippen LogP contribution in [0, 0.1) is 11.8 Å². The van der Waals surface area contributed by atoms with Crippen LogP contribution >= 0.6 is 0 Å². The number of carbonyl (C=O) groups is 3. The quantitative estimate of drug-likeness (QED) is 0.418. The van der Waals surface area contributed by atoms with Crippen molar-refractivity contribution >= 4 is 18.0 Å². The predicted octanol–water partition coefficient (Wildman–Crippen LogP) is 5.05. The monoisotopic (exact) mass is 512 g/mol. The summed E-state index contributed by atoms with van der Waals surface area (Å²) in [6.45, 7) is 0.446. The number of alkyl carbamates (subject to hydrolysis) is 1. The molecule has 1 saturated carbocycles. The van der Waals surface area contributed by atoms with E-state index in [0.717, 1.165) is 29.5 Å². The van der Waals surface area contributed by atoms with Gasteiger partial charge in [0, 0.05) is 24.9 Å². The van der Waals surface area contributed by atoms with Crippen LogP contribution in [0.2, 0.25) is 0 Å². The van der Waals surface area contributed by atoms with Gasteiger partial charge in [-0.2, -0.15) is 0 Å². The lowest BCUT2D eigenvalue weighted by molar-refractivity contribution is -0.147. The Morgan fingerprint density at radius 2 is 1.50 bits per heavy atom. The summed E-state index contributed by atoms with van der Waals surface area (Å²) in [5.74, 6) is -1.62. The number of carbonyl (C=O) groups excluding carboxylic acids is 2. The number of benzene rings is 3. The first-order valence-electron chi connectivity index (χ1n) is 13.1. The summed E-state index contributed by atoms with van der Waals surface area (Å²) in [4.78, 5) is 39.0. The Labute approximate surface area is 222 Å². The number of hydrogen-bond acceptors (Lipinski definition) is 4. The number of amides is 2. The van der Waals surface area contributed by atoms with Gasteiger partial charge in [0.1, 0.15) is 13.2 Å². The lowest BCUT2D eigenvalue weighted by Gasteiger charge is -2.27. The van der Waals surface area contributed by atoms with Crippen molar-refractivity contribution in [1.29, 1.82) is 0 Å². The summed E-state index contributed by atoms with van der Waals surface area (Å²) in [7, 11) is 0. The number of rotatable bonds is 9. The number of carboxylic acids is 1. The van der Waals surface area contributed by atoms with Crippen LogP contribution in [0.5, 0.6) is 0 Å². The molecule has 2 aliphatic carbocycles. The Kier molecular flexibility index (Phi) is 7.73. The molecule has 5 rings (SSSR count). The molecule has 0 saturated heterocycles. The molecule has 3 aromatic rings.